The maximum absolute atomic E-state index is 11.6. The Kier molecular flexibility index (Phi) is 6.83. The van der Waals surface area contributed by atoms with Gasteiger partial charge >= 0.3 is 6.03 Å². The molecule has 2 rings (SSSR count). The predicted octanol–water partition coefficient (Wildman–Crippen LogP) is 0.139. The summed E-state index contributed by atoms with van der Waals surface area (Å²) in [6.07, 6.45) is 0. The number of amides is 3. The fourth-order valence-electron chi connectivity index (χ4n) is 2.41. The first-order valence-electron chi connectivity index (χ1n) is 7.81. The molecule has 0 spiro atoms. The normalized spacial score (nSPS) is 15.9. The van der Waals surface area contributed by atoms with Gasteiger partial charge in [0.2, 0.25) is 5.91 Å². The summed E-state index contributed by atoms with van der Waals surface area (Å²) in [5.41, 5.74) is 0. The number of urea groups is 1. The summed E-state index contributed by atoms with van der Waals surface area (Å²) in [5.74, 6) is 0.613. The maximum Gasteiger partial charge on any atom is 0.321 e. The van der Waals surface area contributed by atoms with Gasteiger partial charge in [0.1, 0.15) is 12.4 Å². The fraction of sp³-hybridized carbons (Fsp3) is 0.500. The monoisotopic (exact) mass is 320 g/mol. The van der Waals surface area contributed by atoms with Gasteiger partial charge in [-0.3, -0.25) is 19.9 Å². The Hall–Kier alpha value is -2.12. The summed E-state index contributed by atoms with van der Waals surface area (Å²) < 4.78 is 5.69. The summed E-state index contributed by atoms with van der Waals surface area (Å²) in [6.45, 7) is 5.19. The minimum atomic E-state index is -0.466. The molecule has 3 amide bonds. The predicted molar refractivity (Wildman–Crippen MR) is 87.4 cm³/mol. The summed E-state index contributed by atoms with van der Waals surface area (Å²) in [4.78, 5) is 27.1. The molecule has 0 radical (unpaired) electrons. The van der Waals surface area contributed by atoms with Crippen LogP contribution in [0, 0.1) is 0 Å². The van der Waals surface area contributed by atoms with Crippen molar-refractivity contribution in [2.75, 3.05) is 52.9 Å². The number of piperazine rings is 1. The van der Waals surface area contributed by atoms with Gasteiger partial charge in [0.25, 0.3) is 0 Å². The number of hydrogen-bond donors (Lipinski definition) is 2. The number of carbonyl (C=O) groups excluding carboxylic acids is 2. The molecule has 23 heavy (non-hydrogen) atoms. The lowest BCUT2D eigenvalue weighted by molar-refractivity contribution is -0.121. The number of imide groups is 1. The number of para-hydroxylation sites is 1. The Morgan fingerprint density at radius 1 is 1.09 bits per heavy atom. The highest BCUT2D eigenvalue weighted by Crippen LogP contribution is 2.08. The quantitative estimate of drug-likeness (QED) is 0.780. The third-order valence-corrected chi connectivity index (χ3v) is 3.73. The second-order valence-electron chi connectivity index (χ2n) is 5.41. The average Bonchev–Trinajstić information content (AvgIpc) is 2.57. The molecular formula is C16H24N4O3. The van der Waals surface area contributed by atoms with Crippen LogP contribution in [0.3, 0.4) is 0 Å². The number of ether oxygens (including phenoxy) is 1. The molecule has 0 saturated carbocycles. The molecule has 0 atom stereocenters. The van der Waals surface area contributed by atoms with E-state index in [1.807, 2.05) is 35.2 Å². The van der Waals surface area contributed by atoms with Gasteiger partial charge in [0.05, 0.1) is 6.54 Å². The molecule has 1 aliphatic rings. The molecule has 7 nitrogen and oxygen atoms in total. The maximum atomic E-state index is 11.6. The minimum absolute atomic E-state index is 0.252. The van der Waals surface area contributed by atoms with Crippen molar-refractivity contribution in [3.05, 3.63) is 30.3 Å². The van der Waals surface area contributed by atoms with E-state index < -0.39 is 6.03 Å². The summed E-state index contributed by atoms with van der Waals surface area (Å²) in [6, 6.07) is 9.31. The first-order chi connectivity index (χ1) is 11.2. The van der Waals surface area contributed by atoms with Gasteiger partial charge in [-0.15, -0.1) is 0 Å². The van der Waals surface area contributed by atoms with Crippen LogP contribution < -0.4 is 15.4 Å². The van der Waals surface area contributed by atoms with Crippen LogP contribution in [-0.2, 0) is 4.79 Å². The average molecular weight is 320 g/mol. The van der Waals surface area contributed by atoms with Gasteiger partial charge in [-0.1, -0.05) is 18.2 Å². The van der Waals surface area contributed by atoms with E-state index in [-0.39, 0.29) is 12.5 Å². The summed E-state index contributed by atoms with van der Waals surface area (Å²) in [7, 11) is 1.49. The smallest absolute Gasteiger partial charge is 0.321 e. The van der Waals surface area contributed by atoms with Gasteiger partial charge in [-0.25, -0.2) is 4.79 Å². The molecule has 1 heterocycles. The lowest BCUT2D eigenvalue weighted by atomic mass is 10.3. The molecule has 1 aromatic carbocycles. The van der Waals surface area contributed by atoms with E-state index in [9.17, 15) is 9.59 Å². The second-order valence-corrected chi connectivity index (χ2v) is 5.41. The van der Waals surface area contributed by atoms with Gasteiger partial charge in [0, 0.05) is 39.8 Å². The van der Waals surface area contributed by atoms with Crippen LogP contribution in [0.5, 0.6) is 5.75 Å². The molecule has 1 aromatic rings. The summed E-state index contributed by atoms with van der Waals surface area (Å²) in [5, 5.41) is 4.64. The highest BCUT2D eigenvalue weighted by Gasteiger charge is 2.19. The number of benzene rings is 1. The SMILES string of the molecule is CNC(=O)NC(=O)CN1CCN(CCOc2ccccc2)CC1. The minimum Gasteiger partial charge on any atom is -0.492 e. The Morgan fingerprint density at radius 3 is 2.39 bits per heavy atom. The third-order valence-electron chi connectivity index (χ3n) is 3.73. The van der Waals surface area contributed by atoms with E-state index >= 15 is 0 Å². The molecule has 0 unspecified atom stereocenters. The first kappa shape index (κ1) is 17.2. The number of rotatable bonds is 6. The van der Waals surface area contributed by atoms with Crippen LogP contribution in [0.2, 0.25) is 0 Å². The number of carbonyl (C=O) groups is 2. The van der Waals surface area contributed by atoms with Crippen LogP contribution in [-0.4, -0.2) is 74.7 Å². The van der Waals surface area contributed by atoms with Crippen molar-refractivity contribution in [3.8, 4) is 5.75 Å². The molecule has 7 heteroatoms. The fourth-order valence-corrected chi connectivity index (χ4v) is 2.41. The zero-order chi connectivity index (χ0) is 16.5. The second kappa shape index (κ2) is 9.12. The standard InChI is InChI=1S/C16H24N4O3/c1-17-16(22)18-15(21)13-20-9-7-19(8-10-20)11-12-23-14-5-3-2-4-6-14/h2-6H,7-13H2,1H3,(H2,17,18,21,22). The highest BCUT2D eigenvalue weighted by molar-refractivity contribution is 5.95. The zero-order valence-corrected chi connectivity index (χ0v) is 13.5. The lowest BCUT2D eigenvalue weighted by Gasteiger charge is -2.34. The van der Waals surface area contributed by atoms with Crippen LogP contribution in [0.1, 0.15) is 0 Å². The number of nitrogens with zero attached hydrogens (tertiary/aromatic N) is 2. The molecule has 0 bridgehead atoms. The van der Waals surface area contributed by atoms with Gasteiger partial charge in [-0.05, 0) is 12.1 Å². The van der Waals surface area contributed by atoms with Crippen molar-refractivity contribution in [1.29, 1.82) is 0 Å². The van der Waals surface area contributed by atoms with Crippen molar-refractivity contribution in [2.24, 2.45) is 0 Å². The van der Waals surface area contributed by atoms with E-state index in [2.05, 4.69) is 15.5 Å². The molecular weight excluding hydrogens is 296 g/mol. The largest absolute Gasteiger partial charge is 0.492 e. The molecule has 2 N–H and O–H groups in total. The van der Waals surface area contributed by atoms with Crippen molar-refractivity contribution in [2.45, 2.75) is 0 Å². The van der Waals surface area contributed by atoms with Crippen LogP contribution >= 0.6 is 0 Å². The first-order valence-corrected chi connectivity index (χ1v) is 7.81. The molecule has 1 aliphatic heterocycles. The Bertz CT molecular complexity index is 501. The van der Waals surface area contributed by atoms with E-state index in [4.69, 9.17) is 4.74 Å². The van der Waals surface area contributed by atoms with E-state index in [1.54, 1.807) is 0 Å². The zero-order valence-electron chi connectivity index (χ0n) is 13.5. The number of hydrogen-bond acceptors (Lipinski definition) is 5. The molecule has 0 aromatic heterocycles. The lowest BCUT2D eigenvalue weighted by Crippen LogP contribution is -2.51. The molecule has 0 aliphatic carbocycles. The Morgan fingerprint density at radius 2 is 1.74 bits per heavy atom. The molecule has 1 saturated heterocycles. The van der Waals surface area contributed by atoms with Crippen LogP contribution in [0.25, 0.3) is 0 Å². The van der Waals surface area contributed by atoms with E-state index in [0.717, 1.165) is 38.5 Å². The van der Waals surface area contributed by atoms with Gasteiger partial charge in [-0.2, -0.15) is 0 Å². The van der Waals surface area contributed by atoms with Crippen molar-refractivity contribution in [1.82, 2.24) is 20.4 Å². The number of nitrogens with one attached hydrogen (secondary N) is 2. The Balaban J connectivity index is 1.60. The van der Waals surface area contributed by atoms with Crippen molar-refractivity contribution < 1.29 is 14.3 Å². The Labute approximate surface area is 136 Å². The van der Waals surface area contributed by atoms with Crippen molar-refractivity contribution in [3.63, 3.8) is 0 Å². The molecule has 126 valence electrons. The van der Waals surface area contributed by atoms with Gasteiger partial charge < -0.3 is 10.1 Å². The van der Waals surface area contributed by atoms with Crippen molar-refractivity contribution >= 4 is 11.9 Å². The van der Waals surface area contributed by atoms with Crippen LogP contribution in [0.4, 0.5) is 4.79 Å². The topological polar surface area (TPSA) is 73.9 Å². The van der Waals surface area contributed by atoms with Gasteiger partial charge in [0.15, 0.2) is 0 Å². The van der Waals surface area contributed by atoms with E-state index in [1.165, 1.54) is 7.05 Å². The third kappa shape index (κ3) is 6.25. The van der Waals surface area contributed by atoms with E-state index in [0.29, 0.717) is 6.61 Å². The van der Waals surface area contributed by atoms with Crippen LogP contribution in [0.15, 0.2) is 30.3 Å². The highest BCUT2D eigenvalue weighted by atomic mass is 16.5. The molecule has 1 fully saturated rings. The summed E-state index contributed by atoms with van der Waals surface area (Å²) >= 11 is 0.